The fourth-order valence-electron chi connectivity index (χ4n) is 3.12. The molecule has 0 atom stereocenters. The van der Waals surface area contributed by atoms with Gasteiger partial charge in [0.25, 0.3) is 5.91 Å². The van der Waals surface area contributed by atoms with Gasteiger partial charge in [-0.2, -0.15) is 0 Å². The Morgan fingerprint density at radius 1 is 1.23 bits per heavy atom. The Morgan fingerprint density at radius 2 is 2.00 bits per heavy atom. The van der Waals surface area contributed by atoms with E-state index in [1.165, 1.54) is 0 Å². The van der Waals surface area contributed by atoms with Crippen molar-refractivity contribution in [1.82, 2.24) is 24.9 Å². The first kappa shape index (κ1) is 22.3. The zero-order valence-electron chi connectivity index (χ0n) is 18.6. The van der Waals surface area contributed by atoms with Gasteiger partial charge in [-0.15, -0.1) is 0 Å². The number of aryl methyl sites for hydroxylation is 1. The third kappa shape index (κ3) is 6.28. The minimum Gasteiger partial charge on any atom is -0.352 e. The monoisotopic (exact) mass is 421 g/mol. The van der Waals surface area contributed by atoms with E-state index in [2.05, 4.69) is 44.5 Å². The normalized spacial score (nSPS) is 11.7. The molecule has 0 spiro atoms. The van der Waals surface area contributed by atoms with Gasteiger partial charge in [0.15, 0.2) is 0 Å². The van der Waals surface area contributed by atoms with E-state index >= 15 is 0 Å². The first-order valence-corrected chi connectivity index (χ1v) is 10.6. The number of carbonyl (C=O) groups excluding carboxylic acids is 1. The summed E-state index contributed by atoms with van der Waals surface area (Å²) < 4.78 is 1.91. The van der Waals surface area contributed by atoms with Gasteiger partial charge in [0.1, 0.15) is 11.7 Å². The average molecular weight is 422 g/mol. The molecule has 0 saturated heterocycles. The number of hydrogen-bond acceptors (Lipinski definition) is 4. The van der Waals surface area contributed by atoms with Crippen LogP contribution in [0.15, 0.2) is 48.0 Å². The Balaban J connectivity index is 1.65. The summed E-state index contributed by atoms with van der Waals surface area (Å²) in [5.74, 6) is 2.14. The molecule has 31 heavy (non-hydrogen) atoms. The second-order valence-corrected chi connectivity index (χ2v) is 7.95. The number of aromatic nitrogens is 4. The van der Waals surface area contributed by atoms with E-state index in [0.29, 0.717) is 24.6 Å². The molecular formula is C23H31N7O. The zero-order valence-corrected chi connectivity index (χ0v) is 18.6. The number of benzene rings is 1. The van der Waals surface area contributed by atoms with E-state index in [9.17, 15) is 4.79 Å². The number of H-pyrrole nitrogens is 1. The number of carbonyl (C=O) groups is 1. The average Bonchev–Trinajstić information content (AvgIpc) is 3.38. The summed E-state index contributed by atoms with van der Waals surface area (Å²) in [5.41, 5.74) is 6.90. The molecule has 3 N–H and O–H groups in total. The molecule has 1 amide bonds. The van der Waals surface area contributed by atoms with Crippen LogP contribution in [-0.2, 0) is 6.42 Å². The van der Waals surface area contributed by atoms with E-state index in [0.717, 1.165) is 41.5 Å². The number of aromatic amines is 1. The van der Waals surface area contributed by atoms with Crippen molar-refractivity contribution >= 4 is 11.7 Å². The summed E-state index contributed by atoms with van der Waals surface area (Å²) in [6.45, 7) is 9.50. The molecule has 0 saturated carbocycles. The second-order valence-electron chi connectivity index (χ2n) is 7.95. The minimum atomic E-state index is -0.0461. The van der Waals surface area contributed by atoms with Crippen LogP contribution >= 0.6 is 0 Å². The summed E-state index contributed by atoms with van der Waals surface area (Å²) in [5, 5.41) is 2.97. The summed E-state index contributed by atoms with van der Waals surface area (Å²) in [6, 6.07) is 7.57. The van der Waals surface area contributed by atoms with Gasteiger partial charge in [-0.25, -0.2) is 14.6 Å². The third-order valence-corrected chi connectivity index (χ3v) is 4.95. The Labute approximate surface area is 183 Å². The van der Waals surface area contributed by atoms with Crippen LogP contribution < -0.4 is 10.7 Å². The number of hydrogen-bond donors (Lipinski definition) is 3. The third-order valence-electron chi connectivity index (χ3n) is 4.95. The summed E-state index contributed by atoms with van der Waals surface area (Å²) in [6.07, 6.45) is 7.07. The van der Waals surface area contributed by atoms with Crippen molar-refractivity contribution in [3.63, 3.8) is 0 Å². The quantitative estimate of drug-likeness (QED) is 0.363. The Morgan fingerprint density at radius 3 is 2.68 bits per heavy atom. The molecule has 1 aromatic carbocycles. The topological polar surface area (TPSA) is 100.0 Å². The van der Waals surface area contributed by atoms with Gasteiger partial charge in [-0.3, -0.25) is 15.2 Å². The Bertz CT molecular complexity index is 1000. The molecule has 0 fully saturated rings. The molecule has 0 aliphatic carbocycles. The number of imidazole rings is 2. The lowest BCUT2D eigenvalue weighted by molar-refractivity contribution is 0.0952. The van der Waals surface area contributed by atoms with Crippen LogP contribution in [0.5, 0.6) is 0 Å². The molecule has 2 heterocycles. The van der Waals surface area contributed by atoms with Crippen molar-refractivity contribution in [3.05, 3.63) is 60.1 Å². The minimum absolute atomic E-state index is 0.0461. The first-order valence-electron chi connectivity index (χ1n) is 10.6. The van der Waals surface area contributed by atoms with Crippen LogP contribution in [0.2, 0.25) is 0 Å². The number of amides is 1. The lowest BCUT2D eigenvalue weighted by atomic mass is 10.1. The molecule has 0 aliphatic rings. The summed E-state index contributed by atoms with van der Waals surface area (Å²) >= 11 is 0. The van der Waals surface area contributed by atoms with E-state index in [4.69, 9.17) is 0 Å². The molecule has 3 aromatic rings. The maximum Gasteiger partial charge on any atom is 0.251 e. The van der Waals surface area contributed by atoms with Crippen molar-refractivity contribution in [1.29, 1.82) is 0 Å². The number of amidine groups is 1. The van der Waals surface area contributed by atoms with Crippen molar-refractivity contribution in [3.8, 4) is 11.3 Å². The van der Waals surface area contributed by atoms with Gasteiger partial charge in [0.05, 0.1) is 18.2 Å². The lowest BCUT2D eigenvalue weighted by Crippen LogP contribution is -2.25. The molecule has 3 rings (SSSR count). The summed E-state index contributed by atoms with van der Waals surface area (Å²) in [4.78, 5) is 28.4. The second kappa shape index (κ2) is 10.6. The highest BCUT2D eigenvalue weighted by Gasteiger charge is 2.11. The van der Waals surface area contributed by atoms with E-state index in [1.54, 1.807) is 6.33 Å². The molecule has 0 aliphatic heterocycles. The highest BCUT2D eigenvalue weighted by Crippen LogP contribution is 2.20. The standard InChI is InChI=1S/C23H31N7O/c1-16(2)9-11-26-23(31)20-7-5-19(6-8-20)22-14-27-18(4)30(22)29-17(3)25-12-10-21-13-24-15-28-21/h5-8,13-16H,9-12H2,1-4H3,(H,24,28)(H,25,29)(H,26,31). The van der Waals surface area contributed by atoms with Crippen LogP contribution in [-0.4, -0.2) is 44.5 Å². The fraction of sp³-hybridized carbons (Fsp3) is 0.391. The number of nitrogens with zero attached hydrogens (tertiary/aromatic N) is 4. The number of aliphatic imine (C=N–C) groups is 1. The van der Waals surface area contributed by atoms with Gasteiger partial charge in [0, 0.05) is 42.5 Å². The van der Waals surface area contributed by atoms with Gasteiger partial charge in [0.2, 0.25) is 0 Å². The van der Waals surface area contributed by atoms with Gasteiger partial charge in [-0.05, 0) is 38.3 Å². The number of rotatable bonds is 9. The number of nitrogens with one attached hydrogen (secondary N) is 3. The maximum atomic E-state index is 12.3. The zero-order chi connectivity index (χ0) is 22.2. The lowest BCUT2D eigenvalue weighted by Gasteiger charge is -2.13. The van der Waals surface area contributed by atoms with E-state index in [1.807, 2.05) is 55.2 Å². The van der Waals surface area contributed by atoms with Gasteiger partial charge in [-0.1, -0.05) is 26.0 Å². The molecule has 8 heteroatoms. The molecule has 0 unspecified atom stereocenters. The largest absolute Gasteiger partial charge is 0.352 e. The molecule has 0 bridgehead atoms. The van der Waals surface area contributed by atoms with Crippen molar-refractivity contribution in [2.75, 3.05) is 18.5 Å². The van der Waals surface area contributed by atoms with Crippen LogP contribution in [0.25, 0.3) is 11.3 Å². The Kier molecular flexibility index (Phi) is 7.59. The van der Waals surface area contributed by atoms with Crippen LogP contribution in [0, 0.1) is 12.8 Å². The van der Waals surface area contributed by atoms with Crippen LogP contribution in [0.1, 0.15) is 49.1 Å². The fourth-order valence-corrected chi connectivity index (χ4v) is 3.12. The predicted octanol–water partition coefficient (Wildman–Crippen LogP) is 3.56. The molecule has 2 aromatic heterocycles. The smallest absolute Gasteiger partial charge is 0.251 e. The van der Waals surface area contributed by atoms with Crippen LogP contribution in [0.4, 0.5) is 0 Å². The Hall–Kier alpha value is -3.42. The highest BCUT2D eigenvalue weighted by atomic mass is 16.1. The SMILES string of the molecule is CC(=NCCc1cnc[nH]1)Nn1c(-c2ccc(C(=O)NCCC(C)C)cc2)cnc1C. The molecule has 8 nitrogen and oxygen atoms in total. The van der Waals surface area contributed by atoms with Gasteiger partial charge >= 0.3 is 0 Å². The van der Waals surface area contributed by atoms with E-state index < -0.39 is 0 Å². The summed E-state index contributed by atoms with van der Waals surface area (Å²) in [7, 11) is 0. The molecule has 0 radical (unpaired) electrons. The maximum absolute atomic E-state index is 12.3. The van der Waals surface area contributed by atoms with Crippen molar-refractivity contribution in [2.24, 2.45) is 10.9 Å². The first-order chi connectivity index (χ1) is 14.9. The molecule has 164 valence electrons. The molecular weight excluding hydrogens is 390 g/mol. The highest BCUT2D eigenvalue weighted by molar-refractivity contribution is 5.94. The van der Waals surface area contributed by atoms with Crippen LogP contribution in [0.3, 0.4) is 0 Å². The van der Waals surface area contributed by atoms with Crippen molar-refractivity contribution in [2.45, 2.75) is 40.5 Å². The van der Waals surface area contributed by atoms with E-state index in [-0.39, 0.29) is 5.91 Å². The van der Waals surface area contributed by atoms with Gasteiger partial charge < -0.3 is 10.3 Å². The van der Waals surface area contributed by atoms with Crippen molar-refractivity contribution < 1.29 is 4.79 Å². The predicted molar refractivity (Wildman–Crippen MR) is 124 cm³/mol.